The van der Waals surface area contributed by atoms with Gasteiger partial charge in [-0.2, -0.15) is 0 Å². The van der Waals surface area contributed by atoms with Gasteiger partial charge in [0.25, 0.3) is 0 Å². The third-order valence-electron chi connectivity index (χ3n) is 4.78. The minimum atomic E-state index is -1.90. The third-order valence-corrected chi connectivity index (χ3v) is 8.71. The zero-order valence-corrected chi connectivity index (χ0v) is 18.0. The van der Waals surface area contributed by atoms with Gasteiger partial charge in [0.1, 0.15) is 23.2 Å². The van der Waals surface area contributed by atoms with Crippen molar-refractivity contribution in [1.82, 2.24) is 0 Å². The fraction of sp³-hybridized carbons (Fsp3) is 0. The first kappa shape index (κ1) is 20.3. The second-order valence-corrected chi connectivity index (χ2v) is 9.75. The van der Waals surface area contributed by atoms with Crippen LogP contribution in [0.15, 0.2) is 127 Å². The maximum absolute atomic E-state index is 2.45. The molecule has 0 spiro atoms. The molecule has 2 heteroatoms. The highest BCUT2D eigenvalue weighted by Gasteiger charge is 2.43. The summed E-state index contributed by atoms with van der Waals surface area (Å²) in [5.41, 5.74) is 1.23. The molecular formula is C26H22BrP. The molecule has 0 aliphatic rings. The Balaban J connectivity index is 0.00000225. The molecule has 0 amide bonds. The van der Waals surface area contributed by atoms with Crippen molar-refractivity contribution in [2.75, 3.05) is 0 Å². The summed E-state index contributed by atoms with van der Waals surface area (Å²) in [4.78, 5) is 0. The molecular weight excluding hydrogens is 423 g/mol. The Bertz CT molecular complexity index is 901. The highest BCUT2D eigenvalue weighted by atomic mass is 79.9. The maximum Gasteiger partial charge on any atom is 0.136 e. The fourth-order valence-electron chi connectivity index (χ4n) is 3.46. The second-order valence-electron chi connectivity index (χ2n) is 6.46. The molecule has 0 N–H and O–H groups in total. The van der Waals surface area contributed by atoms with Crippen LogP contribution in [0.3, 0.4) is 0 Å². The predicted molar refractivity (Wildman–Crippen MR) is 121 cm³/mol. The second kappa shape index (κ2) is 9.64. The quantitative estimate of drug-likeness (QED) is 0.415. The number of hydrogen-bond donors (Lipinski definition) is 0. The van der Waals surface area contributed by atoms with Gasteiger partial charge in [-0.3, -0.25) is 0 Å². The van der Waals surface area contributed by atoms with Crippen LogP contribution < -0.4 is 32.9 Å². The van der Waals surface area contributed by atoms with Gasteiger partial charge < -0.3 is 17.0 Å². The molecule has 0 saturated heterocycles. The highest BCUT2D eigenvalue weighted by molar-refractivity contribution is 7.98. The van der Waals surface area contributed by atoms with Crippen molar-refractivity contribution in [2.45, 2.75) is 0 Å². The minimum absolute atomic E-state index is 0. The number of halogens is 1. The molecule has 138 valence electrons. The van der Waals surface area contributed by atoms with Gasteiger partial charge in [-0.15, -0.1) is 0 Å². The molecule has 28 heavy (non-hydrogen) atoms. The zero-order valence-electron chi connectivity index (χ0n) is 15.5. The Morgan fingerprint density at radius 2 is 0.750 bits per heavy atom. The Hall–Kier alpha value is -2.47. The van der Waals surface area contributed by atoms with Crippen molar-refractivity contribution in [3.63, 3.8) is 0 Å². The molecule has 0 aromatic heterocycles. The number of rotatable bonds is 5. The summed E-state index contributed by atoms with van der Waals surface area (Å²) in [6.45, 7) is 0. The maximum atomic E-state index is 2.45. The van der Waals surface area contributed by atoms with Crippen molar-refractivity contribution in [2.24, 2.45) is 0 Å². The standard InChI is InChI=1S/C26H22P.BrH/c1-5-13-23(14-6-1)21-22-27(24-15-7-2-8-16-24,25-17-9-3-10-18-25)26-19-11-4-12-20-26;/h1-22H;1H/q+1;/p-1/b22-21+;. The molecule has 0 bridgehead atoms. The molecule has 4 rings (SSSR count). The highest BCUT2D eigenvalue weighted by Crippen LogP contribution is 2.57. The van der Waals surface area contributed by atoms with Crippen LogP contribution in [0.25, 0.3) is 6.08 Å². The van der Waals surface area contributed by atoms with Gasteiger partial charge in [-0.25, -0.2) is 0 Å². The van der Waals surface area contributed by atoms with E-state index in [1.807, 2.05) is 0 Å². The lowest BCUT2D eigenvalue weighted by atomic mass is 10.2. The van der Waals surface area contributed by atoms with E-state index in [4.69, 9.17) is 0 Å². The SMILES string of the molecule is C(=C\[P+](c1ccccc1)(c1ccccc1)c1ccccc1)/c1ccccc1.[Br-]. The fourth-order valence-corrected chi connectivity index (χ4v) is 7.19. The lowest BCUT2D eigenvalue weighted by molar-refractivity contribution is -0.00000511. The van der Waals surface area contributed by atoms with Crippen molar-refractivity contribution < 1.29 is 17.0 Å². The van der Waals surface area contributed by atoms with Crippen LogP contribution >= 0.6 is 7.26 Å². The average molecular weight is 445 g/mol. The molecule has 0 heterocycles. The first-order valence-electron chi connectivity index (χ1n) is 9.19. The van der Waals surface area contributed by atoms with E-state index < -0.39 is 7.26 Å². The van der Waals surface area contributed by atoms with Crippen molar-refractivity contribution in [1.29, 1.82) is 0 Å². The van der Waals surface area contributed by atoms with Crippen LogP contribution in [0.2, 0.25) is 0 Å². The summed E-state index contributed by atoms with van der Waals surface area (Å²) in [6, 6.07) is 43.3. The first-order valence-corrected chi connectivity index (χ1v) is 11.1. The smallest absolute Gasteiger partial charge is 0.136 e. The normalized spacial score (nSPS) is 11.1. The number of hydrogen-bond acceptors (Lipinski definition) is 0. The molecule has 0 radical (unpaired) electrons. The van der Waals surface area contributed by atoms with E-state index >= 15 is 0 Å². The largest absolute Gasteiger partial charge is 1.00 e. The summed E-state index contributed by atoms with van der Waals surface area (Å²) in [6.07, 6.45) is 2.28. The summed E-state index contributed by atoms with van der Waals surface area (Å²) < 4.78 is 0. The van der Waals surface area contributed by atoms with Crippen LogP contribution in [-0.2, 0) is 0 Å². The monoisotopic (exact) mass is 444 g/mol. The first-order chi connectivity index (χ1) is 13.4. The van der Waals surface area contributed by atoms with Gasteiger partial charge in [0.05, 0.1) is 5.82 Å². The molecule has 4 aromatic rings. The van der Waals surface area contributed by atoms with E-state index in [-0.39, 0.29) is 17.0 Å². The van der Waals surface area contributed by atoms with Gasteiger partial charge in [-0.1, -0.05) is 84.9 Å². The summed E-state index contributed by atoms with van der Waals surface area (Å²) in [5, 5.41) is 4.11. The van der Waals surface area contributed by atoms with Gasteiger partial charge in [0.2, 0.25) is 0 Å². The molecule has 0 nitrogen and oxygen atoms in total. The molecule has 0 unspecified atom stereocenters. The molecule has 0 atom stereocenters. The van der Waals surface area contributed by atoms with Crippen LogP contribution in [0.5, 0.6) is 0 Å². The van der Waals surface area contributed by atoms with Crippen molar-refractivity contribution in [3.05, 3.63) is 133 Å². The Labute approximate surface area is 178 Å². The molecule has 0 aliphatic heterocycles. The van der Waals surface area contributed by atoms with Gasteiger partial charge >= 0.3 is 0 Å². The van der Waals surface area contributed by atoms with E-state index in [1.165, 1.54) is 21.5 Å². The van der Waals surface area contributed by atoms with Gasteiger partial charge in [0, 0.05) is 0 Å². The van der Waals surface area contributed by atoms with Crippen molar-refractivity contribution in [3.8, 4) is 0 Å². The van der Waals surface area contributed by atoms with Crippen LogP contribution in [0, 0.1) is 0 Å². The number of benzene rings is 4. The molecule has 0 saturated carbocycles. The van der Waals surface area contributed by atoms with E-state index in [9.17, 15) is 0 Å². The summed E-state index contributed by atoms with van der Waals surface area (Å²) >= 11 is 0. The lowest BCUT2D eigenvalue weighted by Gasteiger charge is -2.24. The van der Waals surface area contributed by atoms with Crippen LogP contribution in [0.1, 0.15) is 5.56 Å². The third kappa shape index (κ3) is 4.17. The summed E-state index contributed by atoms with van der Waals surface area (Å²) in [7, 11) is -1.90. The van der Waals surface area contributed by atoms with E-state index in [0.29, 0.717) is 0 Å². The van der Waals surface area contributed by atoms with E-state index in [1.54, 1.807) is 0 Å². The molecule has 4 aromatic carbocycles. The van der Waals surface area contributed by atoms with Crippen LogP contribution in [-0.4, -0.2) is 0 Å². The minimum Gasteiger partial charge on any atom is -1.00 e. The topological polar surface area (TPSA) is 0 Å². The Kier molecular flexibility index (Phi) is 6.98. The zero-order chi connectivity index (χ0) is 18.4. The molecule has 0 fully saturated rings. The Morgan fingerprint density at radius 1 is 0.429 bits per heavy atom. The van der Waals surface area contributed by atoms with E-state index in [2.05, 4.69) is 133 Å². The summed E-state index contributed by atoms with van der Waals surface area (Å²) in [5.74, 6) is 2.45. The van der Waals surface area contributed by atoms with Crippen LogP contribution in [0.4, 0.5) is 0 Å². The Morgan fingerprint density at radius 3 is 1.11 bits per heavy atom. The molecule has 0 aliphatic carbocycles. The van der Waals surface area contributed by atoms with Gasteiger partial charge in [0.15, 0.2) is 0 Å². The van der Waals surface area contributed by atoms with Crippen molar-refractivity contribution >= 4 is 29.3 Å². The van der Waals surface area contributed by atoms with Gasteiger partial charge in [-0.05, 0) is 48.0 Å². The average Bonchev–Trinajstić information content (AvgIpc) is 2.77. The van der Waals surface area contributed by atoms with E-state index in [0.717, 1.165) is 0 Å². The predicted octanol–water partition coefficient (Wildman–Crippen LogP) is 2.66. The lowest BCUT2D eigenvalue weighted by Crippen LogP contribution is -3.00.